The highest BCUT2D eigenvalue weighted by molar-refractivity contribution is 5.94. The van der Waals surface area contributed by atoms with Crippen molar-refractivity contribution in [3.05, 3.63) is 29.8 Å². The number of carbonyl (C=O) groups is 2. The molecular formula is C13H17NO2. The molecule has 3 heteroatoms. The van der Waals surface area contributed by atoms with Crippen molar-refractivity contribution in [1.82, 2.24) is 0 Å². The highest BCUT2D eigenvalue weighted by Gasteiger charge is 2.11. The summed E-state index contributed by atoms with van der Waals surface area (Å²) in [5.41, 5.74) is 1.98. The zero-order chi connectivity index (χ0) is 12.1. The van der Waals surface area contributed by atoms with Crippen LogP contribution in [0.3, 0.4) is 0 Å². The van der Waals surface area contributed by atoms with Crippen LogP contribution in [-0.4, -0.2) is 18.7 Å². The number of ketones is 1. The van der Waals surface area contributed by atoms with Gasteiger partial charge in [-0.1, -0.05) is 12.1 Å². The molecule has 0 bridgehead atoms. The lowest BCUT2D eigenvalue weighted by molar-refractivity contribution is -0.122. The first-order valence-electron chi connectivity index (χ1n) is 5.33. The molecule has 0 spiro atoms. The predicted octanol–water partition coefficient (Wildman–Crippen LogP) is 2.33. The summed E-state index contributed by atoms with van der Waals surface area (Å²) < 4.78 is 0. The molecule has 86 valence electrons. The average Bonchev–Trinajstić information content (AvgIpc) is 2.24. The van der Waals surface area contributed by atoms with Gasteiger partial charge in [0.05, 0.1) is 0 Å². The molecule has 1 aromatic rings. The molecule has 0 atom stereocenters. The van der Waals surface area contributed by atoms with E-state index in [0.717, 1.165) is 11.3 Å². The normalized spacial score (nSPS) is 9.94. The zero-order valence-electron chi connectivity index (χ0n) is 9.99. The number of nitrogens with zero attached hydrogens (tertiary/aromatic N) is 1. The maximum atomic E-state index is 11.7. The largest absolute Gasteiger partial charge is 0.315 e. The molecule has 0 saturated heterocycles. The number of carbonyl (C=O) groups excluding carboxylic acids is 2. The Labute approximate surface area is 96.1 Å². The van der Waals surface area contributed by atoms with Crippen LogP contribution >= 0.6 is 0 Å². The van der Waals surface area contributed by atoms with Crippen LogP contribution in [0.15, 0.2) is 24.3 Å². The molecule has 0 saturated carbocycles. The Bertz CT molecular complexity index is 399. The summed E-state index contributed by atoms with van der Waals surface area (Å²) in [6.45, 7) is 3.48. The van der Waals surface area contributed by atoms with Gasteiger partial charge in [0.15, 0.2) is 0 Å². The fraction of sp³-hybridized carbons (Fsp3) is 0.385. The van der Waals surface area contributed by atoms with E-state index >= 15 is 0 Å². The van der Waals surface area contributed by atoms with Crippen LogP contribution in [0.25, 0.3) is 0 Å². The first kappa shape index (κ1) is 12.4. The second-order valence-corrected chi connectivity index (χ2v) is 3.99. The Hall–Kier alpha value is -1.64. The van der Waals surface area contributed by atoms with E-state index in [9.17, 15) is 9.59 Å². The van der Waals surface area contributed by atoms with Gasteiger partial charge in [-0.15, -0.1) is 0 Å². The van der Waals surface area contributed by atoms with Crippen molar-refractivity contribution >= 4 is 17.4 Å². The Morgan fingerprint density at radius 3 is 2.50 bits per heavy atom. The molecule has 0 radical (unpaired) electrons. The maximum Gasteiger partial charge on any atom is 0.227 e. The van der Waals surface area contributed by atoms with Gasteiger partial charge in [0.2, 0.25) is 5.91 Å². The molecule has 0 heterocycles. The molecule has 1 aromatic carbocycles. The number of hydrogen-bond donors (Lipinski definition) is 0. The number of hydrogen-bond acceptors (Lipinski definition) is 2. The third kappa shape index (κ3) is 3.50. The molecule has 0 unspecified atom stereocenters. The lowest BCUT2D eigenvalue weighted by Gasteiger charge is -2.17. The Morgan fingerprint density at radius 1 is 1.25 bits per heavy atom. The smallest absolute Gasteiger partial charge is 0.227 e. The average molecular weight is 219 g/mol. The fourth-order valence-electron chi connectivity index (χ4n) is 1.43. The van der Waals surface area contributed by atoms with Crippen molar-refractivity contribution in [2.75, 3.05) is 11.9 Å². The van der Waals surface area contributed by atoms with Crippen molar-refractivity contribution in [2.24, 2.45) is 0 Å². The Kier molecular flexibility index (Phi) is 4.23. The predicted molar refractivity (Wildman–Crippen MR) is 64.5 cm³/mol. The highest BCUT2D eigenvalue weighted by Crippen LogP contribution is 2.15. The van der Waals surface area contributed by atoms with Crippen LogP contribution in [0.1, 0.15) is 25.3 Å². The molecule has 1 rings (SSSR count). The van der Waals surface area contributed by atoms with Crippen molar-refractivity contribution in [3.8, 4) is 0 Å². The topological polar surface area (TPSA) is 37.4 Å². The second kappa shape index (κ2) is 5.45. The Balaban J connectivity index is 2.66. The third-order valence-electron chi connectivity index (χ3n) is 2.45. The fourth-order valence-corrected chi connectivity index (χ4v) is 1.43. The van der Waals surface area contributed by atoms with E-state index in [1.54, 1.807) is 11.9 Å². The maximum absolute atomic E-state index is 11.7. The summed E-state index contributed by atoms with van der Waals surface area (Å²) >= 11 is 0. The van der Waals surface area contributed by atoms with E-state index in [-0.39, 0.29) is 18.1 Å². The van der Waals surface area contributed by atoms with Crippen LogP contribution < -0.4 is 4.90 Å². The van der Waals surface area contributed by atoms with Crippen LogP contribution in [-0.2, 0) is 9.59 Å². The zero-order valence-corrected chi connectivity index (χ0v) is 9.99. The number of amides is 1. The van der Waals surface area contributed by atoms with Crippen molar-refractivity contribution < 1.29 is 9.59 Å². The number of Topliss-reactive ketones (excluding diaryl/α,β-unsaturated/α-hetero) is 1. The van der Waals surface area contributed by atoms with Gasteiger partial charge in [0.25, 0.3) is 0 Å². The molecule has 16 heavy (non-hydrogen) atoms. The minimum absolute atomic E-state index is 0.0270. The molecular weight excluding hydrogens is 202 g/mol. The van der Waals surface area contributed by atoms with E-state index in [0.29, 0.717) is 6.42 Å². The minimum atomic E-state index is -0.0270. The number of anilines is 1. The van der Waals surface area contributed by atoms with Gasteiger partial charge >= 0.3 is 0 Å². The summed E-state index contributed by atoms with van der Waals surface area (Å²) in [5.74, 6) is 0.0202. The molecule has 1 amide bonds. The lowest BCUT2D eigenvalue weighted by Crippen LogP contribution is -2.26. The van der Waals surface area contributed by atoms with E-state index in [1.165, 1.54) is 6.92 Å². The van der Waals surface area contributed by atoms with Gasteiger partial charge in [0, 0.05) is 25.6 Å². The lowest BCUT2D eigenvalue weighted by atomic mass is 10.2. The number of rotatable bonds is 4. The monoisotopic (exact) mass is 219 g/mol. The van der Waals surface area contributed by atoms with Crippen molar-refractivity contribution in [1.29, 1.82) is 0 Å². The van der Waals surface area contributed by atoms with Crippen LogP contribution in [0, 0.1) is 6.92 Å². The second-order valence-electron chi connectivity index (χ2n) is 3.99. The molecule has 0 aliphatic rings. The van der Waals surface area contributed by atoms with E-state index in [2.05, 4.69) is 0 Å². The quantitative estimate of drug-likeness (QED) is 0.779. The summed E-state index contributed by atoms with van der Waals surface area (Å²) in [7, 11) is 1.73. The summed E-state index contributed by atoms with van der Waals surface area (Å²) in [6.07, 6.45) is 0.592. The van der Waals surface area contributed by atoms with Gasteiger partial charge in [-0.3, -0.25) is 4.79 Å². The van der Waals surface area contributed by atoms with Crippen LogP contribution in [0.4, 0.5) is 5.69 Å². The van der Waals surface area contributed by atoms with Gasteiger partial charge in [-0.05, 0) is 31.5 Å². The molecule has 0 aliphatic heterocycles. The molecule has 0 aromatic heterocycles. The van der Waals surface area contributed by atoms with Crippen LogP contribution in [0.5, 0.6) is 0 Å². The first-order chi connectivity index (χ1) is 7.50. The van der Waals surface area contributed by atoms with Crippen molar-refractivity contribution in [2.45, 2.75) is 26.7 Å². The molecule has 0 aliphatic carbocycles. The molecule has 0 N–H and O–H groups in total. The van der Waals surface area contributed by atoms with Gasteiger partial charge in [-0.25, -0.2) is 0 Å². The van der Waals surface area contributed by atoms with Gasteiger partial charge < -0.3 is 9.69 Å². The van der Waals surface area contributed by atoms with E-state index in [4.69, 9.17) is 0 Å². The Morgan fingerprint density at radius 2 is 1.94 bits per heavy atom. The van der Waals surface area contributed by atoms with Crippen molar-refractivity contribution in [3.63, 3.8) is 0 Å². The third-order valence-corrected chi connectivity index (χ3v) is 2.45. The molecule has 0 fully saturated rings. The van der Waals surface area contributed by atoms with Gasteiger partial charge in [0.1, 0.15) is 5.78 Å². The minimum Gasteiger partial charge on any atom is -0.315 e. The highest BCUT2D eigenvalue weighted by atomic mass is 16.2. The van der Waals surface area contributed by atoms with E-state index in [1.807, 2.05) is 31.2 Å². The first-order valence-corrected chi connectivity index (χ1v) is 5.33. The van der Waals surface area contributed by atoms with E-state index < -0.39 is 0 Å². The number of benzene rings is 1. The summed E-state index contributed by atoms with van der Waals surface area (Å²) in [6, 6.07) is 7.74. The van der Waals surface area contributed by atoms with Crippen LogP contribution in [0.2, 0.25) is 0 Å². The summed E-state index contributed by atoms with van der Waals surface area (Å²) in [4.78, 5) is 24.1. The molecule has 3 nitrogen and oxygen atoms in total. The number of aryl methyl sites for hydroxylation is 1. The standard InChI is InChI=1S/C13H17NO2/c1-10-5-4-6-12(9-10)14(3)13(16)8-7-11(2)15/h4-6,9H,7-8H2,1-3H3. The SMILES string of the molecule is CC(=O)CCC(=O)N(C)c1cccc(C)c1. The van der Waals surface area contributed by atoms with Gasteiger partial charge in [-0.2, -0.15) is 0 Å². The summed E-state index contributed by atoms with van der Waals surface area (Å²) in [5, 5.41) is 0.